The van der Waals surface area contributed by atoms with Crippen LogP contribution in [0.25, 0.3) is 0 Å². The summed E-state index contributed by atoms with van der Waals surface area (Å²) in [6.07, 6.45) is 3.48. The van der Waals surface area contributed by atoms with Crippen LogP contribution in [0.4, 0.5) is 5.69 Å². The maximum Gasteiger partial charge on any atom is 0.229 e. The summed E-state index contributed by atoms with van der Waals surface area (Å²) in [7, 11) is 0. The molecule has 0 saturated carbocycles. The van der Waals surface area contributed by atoms with Crippen LogP contribution in [0, 0.1) is 5.41 Å². The summed E-state index contributed by atoms with van der Waals surface area (Å²) in [5.74, 6) is 0.00279. The van der Waals surface area contributed by atoms with Crippen LogP contribution >= 0.6 is 24.8 Å². The molecule has 1 amide bonds. The first-order chi connectivity index (χ1) is 10.5. The van der Waals surface area contributed by atoms with E-state index >= 15 is 0 Å². The molecule has 2 aromatic rings. The number of benzene rings is 1. The lowest BCUT2D eigenvalue weighted by Gasteiger charge is -2.19. The molecule has 0 spiro atoms. The van der Waals surface area contributed by atoms with E-state index in [0.717, 1.165) is 17.8 Å². The number of rotatable bonds is 5. The van der Waals surface area contributed by atoms with Gasteiger partial charge in [0.15, 0.2) is 0 Å². The maximum atomic E-state index is 12.1. The highest BCUT2D eigenvalue weighted by Crippen LogP contribution is 2.19. The van der Waals surface area contributed by atoms with Crippen molar-refractivity contribution in [3.8, 4) is 0 Å². The molecule has 1 aromatic carbocycles. The van der Waals surface area contributed by atoms with Gasteiger partial charge in [-0.05, 0) is 11.6 Å². The summed E-state index contributed by atoms with van der Waals surface area (Å²) in [6, 6.07) is 12.1. The topological polar surface area (TPSA) is 54.0 Å². The van der Waals surface area contributed by atoms with Crippen LogP contribution in [0.1, 0.15) is 31.9 Å². The van der Waals surface area contributed by atoms with E-state index in [1.54, 1.807) is 12.4 Å². The minimum atomic E-state index is -0.419. The average Bonchev–Trinajstić information content (AvgIpc) is 2.49. The fourth-order valence-corrected chi connectivity index (χ4v) is 1.94. The molecular formula is C18H25Cl2N3O. The molecule has 0 unspecified atom stereocenters. The van der Waals surface area contributed by atoms with E-state index < -0.39 is 5.41 Å². The number of aromatic nitrogens is 1. The monoisotopic (exact) mass is 369 g/mol. The second-order valence-electron chi connectivity index (χ2n) is 6.33. The van der Waals surface area contributed by atoms with Crippen molar-refractivity contribution in [1.29, 1.82) is 0 Å². The van der Waals surface area contributed by atoms with E-state index in [-0.39, 0.29) is 30.7 Å². The molecule has 6 heteroatoms. The normalized spacial score (nSPS) is 10.3. The Bertz CT molecular complexity index is 628. The third-order valence-corrected chi connectivity index (χ3v) is 3.32. The number of anilines is 1. The summed E-state index contributed by atoms with van der Waals surface area (Å²) in [5.41, 5.74) is 2.61. The predicted molar refractivity (Wildman–Crippen MR) is 104 cm³/mol. The highest BCUT2D eigenvalue weighted by atomic mass is 35.5. The van der Waals surface area contributed by atoms with E-state index in [1.807, 2.05) is 45.0 Å². The summed E-state index contributed by atoms with van der Waals surface area (Å²) in [4.78, 5) is 16.3. The van der Waals surface area contributed by atoms with Gasteiger partial charge in [0.2, 0.25) is 5.91 Å². The number of pyridine rings is 1. The van der Waals surface area contributed by atoms with Crippen molar-refractivity contribution >= 4 is 36.4 Å². The van der Waals surface area contributed by atoms with Crippen molar-refractivity contribution in [2.75, 3.05) is 5.32 Å². The molecule has 0 saturated heterocycles. The van der Waals surface area contributed by atoms with Crippen molar-refractivity contribution in [3.63, 3.8) is 0 Å². The first-order valence-corrected chi connectivity index (χ1v) is 7.46. The number of halogens is 2. The Balaban J connectivity index is 0.00000264. The van der Waals surface area contributed by atoms with E-state index in [1.165, 1.54) is 5.56 Å². The van der Waals surface area contributed by atoms with Gasteiger partial charge in [0.25, 0.3) is 0 Å². The van der Waals surface area contributed by atoms with Crippen LogP contribution in [0.15, 0.2) is 48.8 Å². The summed E-state index contributed by atoms with van der Waals surface area (Å²) in [5, 5.41) is 6.36. The quantitative estimate of drug-likeness (QED) is 0.830. The minimum absolute atomic E-state index is 0. The molecule has 0 aliphatic rings. The number of hydrogen-bond acceptors (Lipinski definition) is 3. The van der Waals surface area contributed by atoms with Gasteiger partial charge in [-0.25, -0.2) is 0 Å². The summed E-state index contributed by atoms with van der Waals surface area (Å²) in [6.45, 7) is 7.13. The van der Waals surface area contributed by atoms with Gasteiger partial charge >= 0.3 is 0 Å². The molecule has 0 bridgehead atoms. The van der Waals surface area contributed by atoms with E-state index in [4.69, 9.17) is 0 Å². The maximum absolute atomic E-state index is 12.1. The Hall–Kier alpha value is -1.62. The van der Waals surface area contributed by atoms with E-state index in [9.17, 15) is 4.79 Å². The number of hydrogen-bond donors (Lipinski definition) is 2. The van der Waals surface area contributed by atoms with Gasteiger partial charge in [0, 0.05) is 42.1 Å². The first-order valence-electron chi connectivity index (χ1n) is 7.46. The molecule has 0 fully saturated rings. The average molecular weight is 370 g/mol. The zero-order chi connectivity index (χ0) is 16.0. The number of nitrogens with one attached hydrogen (secondary N) is 2. The van der Waals surface area contributed by atoms with E-state index in [0.29, 0.717) is 6.54 Å². The predicted octanol–water partition coefficient (Wildman–Crippen LogP) is 4.20. The largest absolute Gasteiger partial charge is 0.325 e. The standard InChI is InChI=1S/C18H23N3O.2ClH/c1-18(2,3)17(22)21-16-9-10-19-12-15(16)13-20-11-14-7-5-4-6-8-14;;/h4-10,12,20H,11,13H2,1-3H3,(H,19,21,22);2*1H. The number of nitrogens with zero attached hydrogens (tertiary/aromatic N) is 1. The Morgan fingerprint density at radius 2 is 1.71 bits per heavy atom. The lowest BCUT2D eigenvalue weighted by atomic mass is 9.95. The molecule has 0 radical (unpaired) electrons. The third kappa shape index (κ3) is 6.87. The van der Waals surface area contributed by atoms with E-state index in [2.05, 4.69) is 27.8 Å². The summed E-state index contributed by atoms with van der Waals surface area (Å²) >= 11 is 0. The molecule has 1 heterocycles. The van der Waals surface area contributed by atoms with Crippen molar-refractivity contribution < 1.29 is 4.79 Å². The van der Waals surface area contributed by atoms with Gasteiger partial charge in [-0.1, -0.05) is 51.1 Å². The Morgan fingerprint density at radius 1 is 1.04 bits per heavy atom. The fraction of sp³-hybridized carbons (Fsp3) is 0.333. The molecule has 0 aliphatic heterocycles. The fourth-order valence-electron chi connectivity index (χ4n) is 1.94. The Labute approximate surface area is 156 Å². The smallest absolute Gasteiger partial charge is 0.229 e. The summed E-state index contributed by atoms with van der Waals surface area (Å²) < 4.78 is 0. The van der Waals surface area contributed by atoms with Gasteiger partial charge in [-0.15, -0.1) is 24.8 Å². The SMILES string of the molecule is CC(C)(C)C(=O)Nc1ccncc1CNCc1ccccc1.Cl.Cl. The molecular weight excluding hydrogens is 345 g/mol. The van der Waals surface area contributed by atoms with Crippen LogP contribution in [-0.2, 0) is 17.9 Å². The molecule has 0 aliphatic carbocycles. The molecule has 2 rings (SSSR count). The van der Waals surface area contributed by atoms with Gasteiger partial charge in [0.1, 0.15) is 0 Å². The molecule has 0 atom stereocenters. The molecule has 2 N–H and O–H groups in total. The zero-order valence-electron chi connectivity index (χ0n) is 14.2. The number of carbonyl (C=O) groups is 1. The van der Waals surface area contributed by atoms with Crippen molar-refractivity contribution in [1.82, 2.24) is 10.3 Å². The molecule has 1 aromatic heterocycles. The molecule has 24 heavy (non-hydrogen) atoms. The van der Waals surface area contributed by atoms with Crippen LogP contribution < -0.4 is 10.6 Å². The van der Waals surface area contributed by atoms with Gasteiger partial charge in [-0.3, -0.25) is 9.78 Å². The first kappa shape index (κ1) is 22.4. The molecule has 132 valence electrons. The van der Waals surface area contributed by atoms with Crippen LogP contribution in [0.5, 0.6) is 0 Å². The van der Waals surface area contributed by atoms with Crippen LogP contribution in [0.3, 0.4) is 0 Å². The Morgan fingerprint density at radius 3 is 2.33 bits per heavy atom. The lowest BCUT2D eigenvalue weighted by Crippen LogP contribution is -2.28. The van der Waals surface area contributed by atoms with Gasteiger partial charge < -0.3 is 10.6 Å². The second kappa shape index (κ2) is 10.3. The van der Waals surface area contributed by atoms with Crippen molar-refractivity contribution in [2.24, 2.45) is 5.41 Å². The molecule has 4 nitrogen and oxygen atoms in total. The number of carbonyl (C=O) groups excluding carboxylic acids is 1. The lowest BCUT2D eigenvalue weighted by molar-refractivity contribution is -0.123. The number of amides is 1. The highest BCUT2D eigenvalue weighted by Gasteiger charge is 2.21. The van der Waals surface area contributed by atoms with Gasteiger partial charge in [0.05, 0.1) is 0 Å². The third-order valence-electron chi connectivity index (χ3n) is 3.32. The van der Waals surface area contributed by atoms with Gasteiger partial charge in [-0.2, -0.15) is 0 Å². The zero-order valence-corrected chi connectivity index (χ0v) is 15.8. The second-order valence-corrected chi connectivity index (χ2v) is 6.33. The van der Waals surface area contributed by atoms with Crippen molar-refractivity contribution in [2.45, 2.75) is 33.9 Å². The van der Waals surface area contributed by atoms with Crippen LogP contribution in [-0.4, -0.2) is 10.9 Å². The van der Waals surface area contributed by atoms with Crippen molar-refractivity contribution in [3.05, 3.63) is 59.9 Å². The minimum Gasteiger partial charge on any atom is -0.325 e. The van der Waals surface area contributed by atoms with Crippen LogP contribution in [0.2, 0.25) is 0 Å². The highest BCUT2D eigenvalue weighted by molar-refractivity contribution is 5.95. The Kier molecular flexibility index (Phi) is 9.59.